The Kier molecular flexibility index (Phi) is 5.13. The predicted molar refractivity (Wildman–Crippen MR) is 110 cm³/mol. The second kappa shape index (κ2) is 7.88. The van der Waals surface area contributed by atoms with Gasteiger partial charge in [-0.2, -0.15) is 14.6 Å². The summed E-state index contributed by atoms with van der Waals surface area (Å²) in [4.78, 5) is 21.6. The number of nitrogens with one attached hydrogen (secondary N) is 2. The second-order valence-corrected chi connectivity index (χ2v) is 7.47. The van der Waals surface area contributed by atoms with E-state index in [0.29, 0.717) is 22.7 Å². The zero-order valence-corrected chi connectivity index (χ0v) is 16.5. The number of nitrogens with zero attached hydrogens (tertiary/aromatic N) is 4. The molecule has 0 saturated carbocycles. The number of amides is 2. The van der Waals surface area contributed by atoms with Gasteiger partial charge < -0.3 is 10.6 Å². The minimum absolute atomic E-state index is 0.364. The van der Waals surface area contributed by atoms with Gasteiger partial charge in [0.05, 0.1) is 0 Å². The van der Waals surface area contributed by atoms with E-state index < -0.39 is 6.03 Å². The maximum atomic E-state index is 13.6. The SMILES string of the molecule is Cc1cc(Sc2ccc(NC(=O)Nc3ccc(C)c(F)c3)cc2)n2ncnc2n1. The van der Waals surface area contributed by atoms with Crippen LogP contribution in [0.3, 0.4) is 0 Å². The Hall–Kier alpha value is -3.46. The largest absolute Gasteiger partial charge is 0.323 e. The van der Waals surface area contributed by atoms with E-state index in [1.54, 1.807) is 35.7 Å². The van der Waals surface area contributed by atoms with E-state index in [4.69, 9.17) is 0 Å². The van der Waals surface area contributed by atoms with Crippen molar-refractivity contribution in [1.82, 2.24) is 19.6 Å². The molecule has 0 aliphatic rings. The molecule has 0 aliphatic heterocycles. The summed E-state index contributed by atoms with van der Waals surface area (Å²) < 4.78 is 15.3. The summed E-state index contributed by atoms with van der Waals surface area (Å²) in [5.74, 6) is 0.187. The van der Waals surface area contributed by atoms with Crippen molar-refractivity contribution in [3.8, 4) is 0 Å². The summed E-state index contributed by atoms with van der Waals surface area (Å²) in [7, 11) is 0. The molecule has 2 aromatic carbocycles. The number of rotatable bonds is 4. The van der Waals surface area contributed by atoms with Crippen molar-refractivity contribution in [2.75, 3.05) is 10.6 Å². The minimum Gasteiger partial charge on any atom is -0.308 e. The molecule has 0 unspecified atom stereocenters. The second-order valence-electron chi connectivity index (χ2n) is 6.38. The van der Waals surface area contributed by atoms with Gasteiger partial charge >= 0.3 is 6.03 Å². The fraction of sp³-hybridized carbons (Fsp3) is 0.100. The van der Waals surface area contributed by atoms with Crippen molar-refractivity contribution < 1.29 is 9.18 Å². The van der Waals surface area contributed by atoms with Crippen LogP contribution in [-0.2, 0) is 0 Å². The van der Waals surface area contributed by atoms with Gasteiger partial charge in [0, 0.05) is 22.0 Å². The molecule has 0 saturated heterocycles. The van der Waals surface area contributed by atoms with Crippen LogP contribution in [0.1, 0.15) is 11.3 Å². The van der Waals surface area contributed by atoms with Crippen molar-refractivity contribution >= 4 is 34.9 Å². The molecular weight excluding hydrogens is 391 g/mol. The summed E-state index contributed by atoms with van der Waals surface area (Å²) in [6.45, 7) is 3.57. The molecule has 4 rings (SSSR count). The van der Waals surface area contributed by atoms with Crippen molar-refractivity contribution in [2.45, 2.75) is 23.8 Å². The Morgan fingerprint density at radius 1 is 1.03 bits per heavy atom. The number of aryl methyl sites for hydroxylation is 2. The third-order valence-corrected chi connectivity index (χ3v) is 5.12. The molecule has 0 fully saturated rings. The van der Waals surface area contributed by atoms with Crippen LogP contribution in [0.15, 0.2) is 64.8 Å². The van der Waals surface area contributed by atoms with Crippen LogP contribution in [0.5, 0.6) is 0 Å². The fourth-order valence-corrected chi connectivity index (χ4v) is 3.62. The van der Waals surface area contributed by atoms with E-state index in [0.717, 1.165) is 15.6 Å². The molecule has 2 aromatic heterocycles. The predicted octanol–water partition coefficient (Wildman–Crippen LogP) is 4.68. The van der Waals surface area contributed by atoms with Gasteiger partial charge in [-0.1, -0.05) is 17.8 Å². The molecule has 4 aromatic rings. The average Bonchev–Trinajstić information content (AvgIpc) is 3.15. The molecule has 0 bridgehead atoms. The van der Waals surface area contributed by atoms with Crippen LogP contribution in [0.25, 0.3) is 5.78 Å². The molecule has 146 valence electrons. The van der Waals surface area contributed by atoms with Crippen LogP contribution < -0.4 is 10.6 Å². The number of hydrogen-bond donors (Lipinski definition) is 2. The maximum absolute atomic E-state index is 13.6. The standard InChI is InChI=1S/C20H17FN6OS/c1-12-3-4-15(10-17(12)21)26-20(28)25-14-5-7-16(8-6-14)29-18-9-13(2)24-19-22-11-23-27(18)19/h3-11H,1-2H3,(H2,25,26,28). The molecule has 29 heavy (non-hydrogen) atoms. The number of urea groups is 1. The molecule has 9 heteroatoms. The van der Waals surface area contributed by atoms with Gasteiger partial charge in [-0.15, -0.1) is 0 Å². The number of carbonyl (C=O) groups is 1. The van der Waals surface area contributed by atoms with Gasteiger partial charge in [0.25, 0.3) is 5.78 Å². The van der Waals surface area contributed by atoms with E-state index in [1.165, 1.54) is 24.2 Å². The molecule has 0 spiro atoms. The van der Waals surface area contributed by atoms with Gasteiger partial charge in [0.1, 0.15) is 17.2 Å². The lowest BCUT2D eigenvalue weighted by Gasteiger charge is -2.09. The van der Waals surface area contributed by atoms with Crippen LogP contribution >= 0.6 is 11.8 Å². The van der Waals surface area contributed by atoms with E-state index in [-0.39, 0.29) is 5.82 Å². The van der Waals surface area contributed by atoms with Crippen molar-refractivity contribution in [3.63, 3.8) is 0 Å². The summed E-state index contributed by atoms with van der Waals surface area (Å²) in [5, 5.41) is 10.4. The number of anilines is 2. The number of benzene rings is 2. The van der Waals surface area contributed by atoms with Crippen molar-refractivity contribution in [1.29, 1.82) is 0 Å². The van der Waals surface area contributed by atoms with Gasteiger partial charge in [0.2, 0.25) is 0 Å². The lowest BCUT2D eigenvalue weighted by Crippen LogP contribution is -2.19. The number of fused-ring (bicyclic) bond motifs is 1. The van der Waals surface area contributed by atoms with Gasteiger partial charge in [-0.05, 0) is 61.9 Å². The van der Waals surface area contributed by atoms with Gasteiger partial charge in [0.15, 0.2) is 0 Å². The molecule has 2 heterocycles. The first kappa shape index (κ1) is 18.9. The monoisotopic (exact) mass is 408 g/mol. The maximum Gasteiger partial charge on any atom is 0.323 e. The summed E-state index contributed by atoms with van der Waals surface area (Å²) in [6.07, 6.45) is 1.47. The molecule has 0 aliphatic carbocycles. The van der Waals surface area contributed by atoms with E-state index in [9.17, 15) is 9.18 Å². The quantitative estimate of drug-likeness (QED) is 0.479. The van der Waals surface area contributed by atoms with Crippen LogP contribution in [0, 0.1) is 19.7 Å². The third kappa shape index (κ3) is 4.35. The molecule has 2 N–H and O–H groups in total. The Balaban J connectivity index is 1.43. The topological polar surface area (TPSA) is 84.2 Å². The highest BCUT2D eigenvalue weighted by molar-refractivity contribution is 7.99. The van der Waals surface area contributed by atoms with Crippen LogP contribution in [0.4, 0.5) is 20.6 Å². The number of aromatic nitrogens is 4. The summed E-state index contributed by atoms with van der Waals surface area (Å²) >= 11 is 1.52. The fourth-order valence-electron chi connectivity index (χ4n) is 2.66. The zero-order chi connectivity index (χ0) is 20.4. The van der Waals surface area contributed by atoms with Crippen molar-refractivity contribution in [2.24, 2.45) is 0 Å². The third-order valence-electron chi connectivity index (χ3n) is 4.11. The van der Waals surface area contributed by atoms with E-state index in [2.05, 4.69) is 25.7 Å². The first-order valence-corrected chi connectivity index (χ1v) is 9.59. The van der Waals surface area contributed by atoms with Crippen LogP contribution in [0.2, 0.25) is 0 Å². The number of halogens is 1. The Labute approximate surface area is 170 Å². The lowest BCUT2D eigenvalue weighted by atomic mass is 10.2. The molecule has 2 amide bonds. The highest BCUT2D eigenvalue weighted by Gasteiger charge is 2.09. The number of carbonyl (C=O) groups excluding carboxylic acids is 1. The molecule has 7 nitrogen and oxygen atoms in total. The lowest BCUT2D eigenvalue weighted by molar-refractivity contribution is 0.262. The van der Waals surface area contributed by atoms with E-state index in [1.807, 2.05) is 25.1 Å². The highest BCUT2D eigenvalue weighted by Crippen LogP contribution is 2.28. The summed E-state index contributed by atoms with van der Waals surface area (Å²) in [6, 6.07) is 13.4. The van der Waals surface area contributed by atoms with Crippen LogP contribution in [-0.4, -0.2) is 25.6 Å². The Morgan fingerprint density at radius 2 is 1.76 bits per heavy atom. The number of hydrogen-bond acceptors (Lipinski definition) is 5. The smallest absolute Gasteiger partial charge is 0.308 e. The van der Waals surface area contributed by atoms with Crippen molar-refractivity contribution in [3.05, 3.63) is 71.9 Å². The highest BCUT2D eigenvalue weighted by atomic mass is 32.2. The van der Waals surface area contributed by atoms with Gasteiger partial charge in [-0.3, -0.25) is 0 Å². The Bertz CT molecular complexity index is 1190. The summed E-state index contributed by atoms with van der Waals surface area (Å²) in [5.41, 5.74) is 2.39. The first-order chi connectivity index (χ1) is 14.0. The molecule has 0 radical (unpaired) electrons. The molecule has 0 atom stereocenters. The zero-order valence-electron chi connectivity index (χ0n) is 15.7. The normalized spacial score (nSPS) is 10.9. The first-order valence-electron chi connectivity index (χ1n) is 8.77. The van der Waals surface area contributed by atoms with E-state index >= 15 is 0 Å². The average molecular weight is 408 g/mol. The minimum atomic E-state index is -0.442. The Morgan fingerprint density at radius 3 is 2.52 bits per heavy atom. The molecular formula is C20H17FN6OS. The van der Waals surface area contributed by atoms with Gasteiger partial charge in [-0.25, -0.2) is 14.2 Å².